The molecule has 0 bridgehead atoms. The predicted molar refractivity (Wildman–Crippen MR) is 86.3 cm³/mol. The van der Waals surface area contributed by atoms with Crippen LogP contribution in [0.3, 0.4) is 0 Å². The van der Waals surface area contributed by atoms with Crippen LogP contribution in [0.25, 0.3) is 11.1 Å². The molecule has 0 aliphatic heterocycles. The average molecular weight is 266 g/mol. The second-order valence-electron chi connectivity index (χ2n) is 5.75. The topological polar surface area (TPSA) is 15.3 Å². The van der Waals surface area contributed by atoms with Gasteiger partial charge in [-0.1, -0.05) is 36.4 Å². The summed E-state index contributed by atoms with van der Waals surface area (Å²) in [7, 11) is 4.24. The van der Waals surface area contributed by atoms with Crippen LogP contribution in [0, 0.1) is 0 Å². The van der Waals surface area contributed by atoms with E-state index >= 15 is 0 Å². The Labute approximate surface area is 121 Å². The molecule has 0 aromatic heterocycles. The van der Waals surface area contributed by atoms with Crippen LogP contribution in [0.5, 0.6) is 0 Å². The number of rotatable bonds is 5. The molecular weight excluding hydrogens is 244 g/mol. The second-order valence-corrected chi connectivity index (χ2v) is 5.75. The van der Waals surface area contributed by atoms with Crippen molar-refractivity contribution in [2.75, 3.05) is 32.5 Å². The van der Waals surface area contributed by atoms with Gasteiger partial charge in [0, 0.05) is 18.7 Å². The van der Waals surface area contributed by atoms with Crippen LogP contribution in [-0.2, 0) is 6.42 Å². The molecule has 2 heteroatoms. The first-order valence-electron chi connectivity index (χ1n) is 7.34. The Kier molecular flexibility index (Phi) is 3.75. The van der Waals surface area contributed by atoms with E-state index in [4.69, 9.17) is 0 Å². The molecule has 0 amide bonds. The highest BCUT2D eigenvalue weighted by Crippen LogP contribution is 2.39. The summed E-state index contributed by atoms with van der Waals surface area (Å²) in [6, 6.07) is 15.4. The fourth-order valence-electron chi connectivity index (χ4n) is 2.94. The van der Waals surface area contributed by atoms with Gasteiger partial charge < -0.3 is 10.2 Å². The SMILES string of the molecule is CN(C)CCCNc1cccc2c1Cc1ccccc1-2. The molecular formula is C18H22N2. The third-order valence-corrected chi connectivity index (χ3v) is 3.95. The Bertz CT molecular complexity index is 602. The molecule has 0 saturated heterocycles. The predicted octanol–water partition coefficient (Wildman–Crippen LogP) is 3.62. The largest absolute Gasteiger partial charge is 0.385 e. The summed E-state index contributed by atoms with van der Waals surface area (Å²) >= 11 is 0. The minimum Gasteiger partial charge on any atom is -0.385 e. The Hall–Kier alpha value is -1.80. The van der Waals surface area contributed by atoms with E-state index in [1.807, 2.05) is 0 Å². The second kappa shape index (κ2) is 5.68. The summed E-state index contributed by atoms with van der Waals surface area (Å²) < 4.78 is 0. The molecule has 0 fully saturated rings. The van der Waals surface area contributed by atoms with Gasteiger partial charge in [-0.2, -0.15) is 0 Å². The maximum absolute atomic E-state index is 3.61. The maximum Gasteiger partial charge on any atom is 0.0382 e. The van der Waals surface area contributed by atoms with Crippen LogP contribution in [0.4, 0.5) is 5.69 Å². The van der Waals surface area contributed by atoms with Gasteiger partial charge >= 0.3 is 0 Å². The summed E-state index contributed by atoms with van der Waals surface area (Å²) in [6.45, 7) is 2.16. The van der Waals surface area contributed by atoms with Gasteiger partial charge in [0.15, 0.2) is 0 Å². The molecule has 2 aromatic carbocycles. The number of anilines is 1. The smallest absolute Gasteiger partial charge is 0.0382 e. The van der Waals surface area contributed by atoms with Crippen LogP contribution in [0.2, 0.25) is 0 Å². The lowest BCUT2D eigenvalue weighted by molar-refractivity contribution is 0.405. The average Bonchev–Trinajstić information content (AvgIpc) is 2.83. The molecule has 2 aromatic rings. The molecule has 1 aliphatic carbocycles. The van der Waals surface area contributed by atoms with Crippen molar-refractivity contribution in [1.82, 2.24) is 4.90 Å². The van der Waals surface area contributed by atoms with E-state index in [9.17, 15) is 0 Å². The zero-order valence-electron chi connectivity index (χ0n) is 12.3. The van der Waals surface area contributed by atoms with Gasteiger partial charge in [-0.05, 0) is 55.4 Å². The highest BCUT2D eigenvalue weighted by atomic mass is 15.1. The lowest BCUT2D eigenvalue weighted by Crippen LogP contribution is -2.16. The van der Waals surface area contributed by atoms with E-state index in [-0.39, 0.29) is 0 Å². The number of hydrogen-bond acceptors (Lipinski definition) is 2. The molecule has 0 radical (unpaired) electrons. The third kappa shape index (κ3) is 2.56. The molecule has 0 saturated carbocycles. The van der Waals surface area contributed by atoms with Crippen molar-refractivity contribution in [2.45, 2.75) is 12.8 Å². The first kappa shape index (κ1) is 13.2. The number of benzene rings is 2. The normalized spacial score (nSPS) is 12.3. The van der Waals surface area contributed by atoms with Crippen LogP contribution in [0.1, 0.15) is 17.5 Å². The molecule has 3 rings (SSSR count). The van der Waals surface area contributed by atoms with Gasteiger partial charge in [0.25, 0.3) is 0 Å². The fourth-order valence-corrected chi connectivity index (χ4v) is 2.94. The molecule has 20 heavy (non-hydrogen) atoms. The van der Waals surface area contributed by atoms with Crippen LogP contribution < -0.4 is 5.32 Å². The number of hydrogen-bond donors (Lipinski definition) is 1. The molecule has 0 atom stereocenters. The molecule has 104 valence electrons. The minimum atomic E-state index is 1.03. The summed E-state index contributed by atoms with van der Waals surface area (Å²) in [5, 5.41) is 3.61. The van der Waals surface area contributed by atoms with E-state index in [1.165, 1.54) is 34.4 Å². The quantitative estimate of drug-likeness (QED) is 0.710. The van der Waals surface area contributed by atoms with Crippen molar-refractivity contribution in [3.05, 3.63) is 53.6 Å². The van der Waals surface area contributed by atoms with Crippen LogP contribution >= 0.6 is 0 Å². The van der Waals surface area contributed by atoms with Crippen molar-refractivity contribution >= 4 is 5.69 Å². The lowest BCUT2D eigenvalue weighted by atomic mass is 10.0. The van der Waals surface area contributed by atoms with Gasteiger partial charge in [0.05, 0.1) is 0 Å². The van der Waals surface area contributed by atoms with Gasteiger partial charge in [-0.15, -0.1) is 0 Å². The van der Waals surface area contributed by atoms with E-state index in [0.29, 0.717) is 0 Å². The maximum atomic E-state index is 3.61. The van der Waals surface area contributed by atoms with E-state index < -0.39 is 0 Å². The number of fused-ring (bicyclic) bond motifs is 3. The van der Waals surface area contributed by atoms with Crippen molar-refractivity contribution in [3.8, 4) is 11.1 Å². The summed E-state index contributed by atoms with van der Waals surface area (Å²) in [5.41, 5.74) is 7.01. The molecule has 1 N–H and O–H groups in total. The molecule has 0 heterocycles. The van der Waals surface area contributed by atoms with Crippen molar-refractivity contribution < 1.29 is 0 Å². The first-order valence-corrected chi connectivity index (χ1v) is 7.34. The third-order valence-electron chi connectivity index (χ3n) is 3.95. The fraction of sp³-hybridized carbons (Fsp3) is 0.333. The van der Waals surface area contributed by atoms with Gasteiger partial charge in [0.2, 0.25) is 0 Å². The molecule has 0 unspecified atom stereocenters. The van der Waals surface area contributed by atoms with E-state index in [1.54, 1.807) is 0 Å². The Balaban J connectivity index is 1.76. The zero-order valence-corrected chi connectivity index (χ0v) is 12.3. The summed E-state index contributed by atoms with van der Waals surface area (Å²) in [6.07, 6.45) is 2.23. The van der Waals surface area contributed by atoms with Crippen molar-refractivity contribution in [3.63, 3.8) is 0 Å². The van der Waals surface area contributed by atoms with Crippen LogP contribution in [0.15, 0.2) is 42.5 Å². The zero-order chi connectivity index (χ0) is 13.9. The van der Waals surface area contributed by atoms with E-state index in [2.05, 4.69) is 66.8 Å². The van der Waals surface area contributed by atoms with Crippen LogP contribution in [-0.4, -0.2) is 32.1 Å². The Morgan fingerprint density at radius 3 is 2.65 bits per heavy atom. The standard InChI is InChI=1S/C18H22N2/c1-20(2)12-6-11-19-18-10-5-9-16-15-8-4-3-7-14(15)13-17(16)18/h3-5,7-10,19H,6,11-13H2,1-2H3. The Morgan fingerprint density at radius 1 is 1.00 bits per heavy atom. The minimum absolute atomic E-state index is 1.03. The van der Waals surface area contributed by atoms with Crippen molar-refractivity contribution in [1.29, 1.82) is 0 Å². The number of nitrogens with one attached hydrogen (secondary N) is 1. The highest BCUT2D eigenvalue weighted by molar-refractivity contribution is 5.81. The number of nitrogens with zero attached hydrogens (tertiary/aromatic N) is 1. The summed E-state index contributed by atoms with van der Waals surface area (Å²) in [4.78, 5) is 2.23. The van der Waals surface area contributed by atoms with E-state index in [0.717, 1.165) is 19.5 Å². The Morgan fingerprint density at radius 2 is 1.80 bits per heavy atom. The lowest BCUT2D eigenvalue weighted by Gasteiger charge is -2.13. The van der Waals surface area contributed by atoms with Gasteiger partial charge in [0.1, 0.15) is 0 Å². The van der Waals surface area contributed by atoms with Gasteiger partial charge in [-0.25, -0.2) is 0 Å². The molecule has 1 aliphatic rings. The van der Waals surface area contributed by atoms with Crippen molar-refractivity contribution in [2.24, 2.45) is 0 Å². The highest BCUT2D eigenvalue weighted by Gasteiger charge is 2.19. The first-order chi connectivity index (χ1) is 9.75. The monoisotopic (exact) mass is 266 g/mol. The molecule has 0 spiro atoms. The van der Waals surface area contributed by atoms with Gasteiger partial charge in [-0.3, -0.25) is 0 Å². The molecule has 2 nitrogen and oxygen atoms in total. The summed E-state index contributed by atoms with van der Waals surface area (Å²) in [5.74, 6) is 0.